The summed E-state index contributed by atoms with van der Waals surface area (Å²) in [4.78, 5) is 2.15. The average molecular weight is 284 g/mol. The van der Waals surface area contributed by atoms with Crippen LogP contribution in [0.4, 0.5) is 0 Å². The van der Waals surface area contributed by atoms with Gasteiger partial charge in [0.2, 0.25) is 0 Å². The van der Waals surface area contributed by atoms with Crippen molar-refractivity contribution in [2.24, 2.45) is 0 Å². The van der Waals surface area contributed by atoms with Crippen LogP contribution in [-0.4, -0.2) is 62.7 Å². The third-order valence-corrected chi connectivity index (χ3v) is 3.22. The van der Waals surface area contributed by atoms with Gasteiger partial charge in [0.25, 0.3) is 0 Å². The van der Waals surface area contributed by atoms with Gasteiger partial charge in [-0.3, -0.25) is 4.68 Å². The molecule has 0 amide bonds. The first-order valence-electron chi connectivity index (χ1n) is 7.10. The molecule has 1 aromatic rings. The van der Waals surface area contributed by atoms with Gasteiger partial charge in [-0.25, -0.2) is 0 Å². The molecule has 1 aromatic heterocycles. The highest BCUT2D eigenvalue weighted by atomic mass is 16.5. The highest BCUT2D eigenvalue weighted by Crippen LogP contribution is 2.27. The van der Waals surface area contributed by atoms with Crippen molar-refractivity contribution >= 4 is 0 Å². The lowest BCUT2D eigenvalue weighted by Gasteiger charge is -2.21. The first-order chi connectivity index (χ1) is 9.63. The summed E-state index contributed by atoms with van der Waals surface area (Å²) < 4.78 is 12.7. The molecule has 0 aromatic carbocycles. The average Bonchev–Trinajstić information content (AvgIpc) is 2.84. The van der Waals surface area contributed by atoms with Gasteiger partial charge in [0, 0.05) is 20.3 Å². The van der Waals surface area contributed by atoms with Crippen molar-refractivity contribution in [1.82, 2.24) is 20.0 Å². The van der Waals surface area contributed by atoms with Crippen LogP contribution in [0.2, 0.25) is 0 Å². The molecule has 0 fully saturated rings. The van der Waals surface area contributed by atoms with Crippen LogP contribution in [0, 0.1) is 0 Å². The van der Waals surface area contributed by atoms with Crippen molar-refractivity contribution in [3.8, 4) is 5.75 Å². The molecule has 20 heavy (non-hydrogen) atoms. The molecule has 0 aliphatic rings. The molecule has 0 aliphatic carbocycles. The maximum Gasteiger partial charge on any atom is 0.161 e. The van der Waals surface area contributed by atoms with Gasteiger partial charge in [0.1, 0.15) is 0 Å². The molecule has 0 radical (unpaired) electrons. The predicted molar refractivity (Wildman–Crippen MR) is 80.2 cm³/mol. The lowest BCUT2D eigenvalue weighted by molar-refractivity contribution is 0.180. The summed E-state index contributed by atoms with van der Waals surface area (Å²) in [5.41, 5.74) is 1.10. The van der Waals surface area contributed by atoms with Crippen LogP contribution in [0.1, 0.15) is 25.1 Å². The van der Waals surface area contributed by atoms with Crippen LogP contribution in [0.5, 0.6) is 5.75 Å². The van der Waals surface area contributed by atoms with Gasteiger partial charge < -0.3 is 19.7 Å². The van der Waals surface area contributed by atoms with Gasteiger partial charge in [0.05, 0.1) is 31.6 Å². The summed E-state index contributed by atoms with van der Waals surface area (Å²) in [7, 11) is 7.54. The lowest BCUT2D eigenvalue weighted by atomic mass is 10.1. The Morgan fingerprint density at radius 1 is 1.40 bits per heavy atom. The maximum absolute atomic E-state index is 5.46. The SMILES string of the molecule is CCNC(CCOC)c1c(OC)cnn1CCN(C)C. The molecular weight excluding hydrogens is 256 g/mol. The van der Waals surface area contributed by atoms with E-state index in [2.05, 4.69) is 36.3 Å². The molecule has 1 unspecified atom stereocenters. The van der Waals surface area contributed by atoms with E-state index in [-0.39, 0.29) is 6.04 Å². The monoisotopic (exact) mass is 284 g/mol. The second-order valence-electron chi connectivity index (χ2n) is 5.02. The number of aromatic nitrogens is 2. The number of hydrogen-bond acceptors (Lipinski definition) is 5. The van der Waals surface area contributed by atoms with Crippen LogP contribution >= 0.6 is 0 Å². The summed E-state index contributed by atoms with van der Waals surface area (Å²) >= 11 is 0. The fraction of sp³-hybridized carbons (Fsp3) is 0.786. The Morgan fingerprint density at radius 3 is 2.70 bits per heavy atom. The molecule has 116 valence electrons. The quantitative estimate of drug-likeness (QED) is 0.698. The molecule has 1 atom stereocenters. The third kappa shape index (κ3) is 4.77. The molecule has 0 saturated heterocycles. The second kappa shape index (κ2) is 8.94. The van der Waals surface area contributed by atoms with E-state index >= 15 is 0 Å². The molecule has 1 heterocycles. The molecule has 6 nitrogen and oxygen atoms in total. The van der Waals surface area contributed by atoms with Gasteiger partial charge in [-0.05, 0) is 27.1 Å². The third-order valence-electron chi connectivity index (χ3n) is 3.22. The fourth-order valence-corrected chi connectivity index (χ4v) is 2.18. The van der Waals surface area contributed by atoms with E-state index in [1.165, 1.54) is 0 Å². The standard InChI is InChI=1S/C14H28N4O2/c1-6-15-12(7-10-19-4)14-13(20-5)11-16-18(14)9-8-17(2)3/h11-12,15H,6-10H2,1-5H3. The van der Waals surface area contributed by atoms with E-state index in [0.717, 1.165) is 37.5 Å². The molecule has 6 heteroatoms. The Hall–Kier alpha value is -1.11. The van der Waals surface area contributed by atoms with Gasteiger partial charge in [-0.15, -0.1) is 0 Å². The number of hydrogen-bond donors (Lipinski definition) is 1. The zero-order chi connectivity index (χ0) is 15.0. The Kier molecular flexibility index (Phi) is 7.58. The summed E-state index contributed by atoms with van der Waals surface area (Å²) in [6.07, 6.45) is 2.69. The molecular formula is C14H28N4O2. The molecule has 1 N–H and O–H groups in total. The molecule has 0 saturated carbocycles. The minimum atomic E-state index is 0.194. The normalized spacial score (nSPS) is 12.9. The maximum atomic E-state index is 5.46. The second-order valence-corrected chi connectivity index (χ2v) is 5.02. The topological polar surface area (TPSA) is 51.5 Å². The molecule has 0 aliphatic heterocycles. The lowest BCUT2D eigenvalue weighted by Crippen LogP contribution is -2.27. The van der Waals surface area contributed by atoms with Crippen molar-refractivity contribution in [3.63, 3.8) is 0 Å². The minimum absolute atomic E-state index is 0.194. The summed E-state index contributed by atoms with van der Waals surface area (Å²) in [5.74, 6) is 0.839. The molecule has 1 rings (SSSR count). The fourth-order valence-electron chi connectivity index (χ4n) is 2.18. The van der Waals surface area contributed by atoms with Crippen LogP contribution in [0.3, 0.4) is 0 Å². The van der Waals surface area contributed by atoms with E-state index < -0.39 is 0 Å². The van der Waals surface area contributed by atoms with E-state index in [4.69, 9.17) is 9.47 Å². The van der Waals surface area contributed by atoms with Crippen LogP contribution in [0.25, 0.3) is 0 Å². The van der Waals surface area contributed by atoms with Gasteiger partial charge >= 0.3 is 0 Å². The first kappa shape index (κ1) is 16.9. The van der Waals surface area contributed by atoms with E-state index in [1.807, 2.05) is 4.68 Å². The van der Waals surface area contributed by atoms with Gasteiger partial charge in [-0.1, -0.05) is 6.92 Å². The predicted octanol–water partition coefficient (Wildman–Crippen LogP) is 1.14. The van der Waals surface area contributed by atoms with Crippen LogP contribution in [0.15, 0.2) is 6.20 Å². The Bertz CT molecular complexity index is 379. The van der Waals surface area contributed by atoms with Crippen molar-refractivity contribution in [3.05, 3.63) is 11.9 Å². The van der Waals surface area contributed by atoms with Crippen molar-refractivity contribution in [2.45, 2.75) is 25.9 Å². The van der Waals surface area contributed by atoms with Gasteiger partial charge in [0.15, 0.2) is 5.75 Å². The Morgan fingerprint density at radius 2 is 2.15 bits per heavy atom. The van der Waals surface area contributed by atoms with E-state index in [0.29, 0.717) is 6.61 Å². The summed E-state index contributed by atoms with van der Waals surface area (Å²) in [5, 5.41) is 7.94. The number of methoxy groups -OCH3 is 2. The van der Waals surface area contributed by atoms with Crippen LogP contribution < -0.4 is 10.1 Å². The van der Waals surface area contributed by atoms with Crippen LogP contribution in [-0.2, 0) is 11.3 Å². The minimum Gasteiger partial charge on any atom is -0.493 e. The number of nitrogens with one attached hydrogen (secondary N) is 1. The number of likely N-dealkylation sites (N-methyl/N-ethyl adjacent to an activating group) is 1. The molecule has 0 bridgehead atoms. The van der Waals surface area contributed by atoms with Crippen molar-refractivity contribution in [1.29, 1.82) is 0 Å². The zero-order valence-corrected chi connectivity index (χ0v) is 13.3. The largest absolute Gasteiger partial charge is 0.493 e. The number of rotatable bonds is 10. The summed E-state index contributed by atoms with van der Waals surface area (Å²) in [6, 6.07) is 0.194. The van der Waals surface area contributed by atoms with Gasteiger partial charge in [-0.2, -0.15) is 5.10 Å². The van der Waals surface area contributed by atoms with E-state index in [1.54, 1.807) is 20.4 Å². The van der Waals surface area contributed by atoms with E-state index in [9.17, 15) is 0 Å². The zero-order valence-electron chi connectivity index (χ0n) is 13.3. The highest BCUT2D eigenvalue weighted by molar-refractivity contribution is 5.28. The summed E-state index contributed by atoms with van der Waals surface area (Å²) in [6.45, 7) is 5.50. The number of ether oxygens (including phenoxy) is 2. The van der Waals surface area contributed by atoms with Crippen molar-refractivity contribution in [2.75, 3.05) is 48.0 Å². The Labute approximate surface area is 122 Å². The van der Waals surface area contributed by atoms with Crippen molar-refractivity contribution < 1.29 is 9.47 Å². The Balaban J connectivity index is 2.93. The number of nitrogens with zero attached hydrogens (tertiary/aromatic N) is 3. The molecule has 0 spiro atoms. The highest BCUT2D eigenvalue weighted by Gasteiger charge is 2.21. The smallest absolute Gasteiger partial charge is 0.161 e. The first-order valence-corrected chi connectivity index (χ1v) is 7.10.